The molecule has 0 N–H and O–H groups in total. The molecule has 0 aliphatic carbocycles. The Bertz CT molecular complexity index is 607. The van der Waals surface area contributed by atoms with Crippen molar-refractivity contribution in [2.75, 3.05) is 44.7 Å². The number of aldehydes is 1. The number of carbonyl (C=O) groups excluding carboxylic acids is 2. The summed E-state index contributed by atoms with van der Waals surface area (Å²) >= 11 is 0. The van der Waals surface area contributed by atoms with Crippen LogP contribution in [0.25, 0.3) is 0 Å². The molecule has 2 aliphatic heterocycles. The maximum atomic E-state index is 13.0. The molecule has 0 spiro atoms. The third kappa shape index (κ3) is 3.71. The van der Waals surface area contributed by atoms with Gasteiger partial charge in [-0.2, -0.15) is 0 Å². The second kappa shape index (κ2) is 7.56. The number of aromatic nitrogens is 1. The van der Waals surface area contributed by atoms with Gasteiger partial charge < -0.3 is 24.0 Å². The van der Waals surface area contributed by atoms with Crippen molar-refractivity contribution >= 4 is 18.0 Å². The molecular weight excluding hydrogens is 320 g/mol. The lowest BCUT2D eigenvalue weighted by Gasteiger charge is -2.32. The standard InChI is InChI=1S/C18H28N4O3/c1-13(2)17(18(24)22-6-4-5-14(22)12-23)15-11-16(19-25-15)21-9-7-20(3)8-10-21/h11-14,17H,4-10H2,1-3H3. The molecule has 0 aromatic carbocycles. The number of rotatable bonds is 5. The Hall–Kier alpha value is -1.89. The van der Waals surface area contributed by atoms with Crippen LogP contribution >= 0.6 is 0 Å². The lowest BCUT2D eigenvalue weighted by atomic mass is 9.91. The smallest absolute Gasteiger partial charge is 0.234 e. The van der Waals surface area contributed by atoms with Crippen molar-refractivity contribution in [3.63, 3.8) is 0 Å². The van der Waals surface area contributed by atoms with E-state index in [9.17, 15) is 9.59 Å². The lowest BCUT2D eigenvalue weighted by Crippen LogP contribution is -2.44. The molecule has 3 heterocycles. The van der Waals surface area contributed by atoms with E-state index in [1.165, 1.54) is 0 Å². The van der Waals surface area contributed by atoms with E-state index in [1.54, 1.807) is 4.90 Å². The van der Waals surface area contributed by atoms with Gasteiger partial charge in [-0.3, -0.25) is 4.79 Å². The molecule has 0 bridgehead atoms. The zero-order valence-electron chi connectivity index (χ0n) is 15.4. The molecule has 138 valence electrons. The van der Waals surface area contributed by atoms with Crippen LogP contribution in [0.3, 0.4) is 0 Å². The molecule has 7 nitrogen and oxygen atoms in total. The molecular formula is C18H28N4O3. The summed E-state index contributed by atoms with van der Waals surface area (Å²) in [4.78, 5) is 30.5. The molecule has 1 amide bonds. The fourth-order valence-corrected chi connectivity index (χ4v) is 3.73. The molecule has 0 saturated carbocycles. The summed E-state index contributed by atoms with van der Waals surface area (Å²) in [7, 11) is 2.11. The van der Waals surface area contributed by atoms with Gasteiger partial charge in [-0.1, -0.05) is 19.0 Å². The molecule has 1 aromatic heterocycles. The number of carbonyl (C=O) groups is 2. The Morgan fingerprint density at radius 3 is 2.64 bits per heavy atom. The number of piperazine rings is 1. The number of likely N-dealkylation sites (N-methyl/N-ethyl adjacent to an activating group) is 1. The zero-order valence-corrected chi connectivity index (χ0v) is 15.4. The van der Waals surface area contributed by atoms with Gasteiger partial charge in [0.15, 0.2) is 11.6 Å². The molecule has 2 atom stereocenters. The normalized spacial score (nSPS) is 23.3. The van der Waals surface area contributed by atoms with Gasteiger partial charge in [0, 0.05) is 38.8 Å². The minimum Gasteiger partial charge on any atom is -0.358 e. The average molecular weight is 348 g/mol. The van der Waals surface area contributed by atoms with Crippen molar-refractivity contribution in [2.24, 2.45) is 5.92 Å². The van der Waals surface area contributed by atoms with E-state index in [4.69, 9.17) is 4.52 Å². The summed E-state index contributed by atoms with van der Waals surface area (Å²) in [5.74, 6) is 1.06. The zero-order chi connectivity index (χ0) is 18.0. The Labute approximate surface area is 148 Å². The van der Waals surface area contributed by atoms with Crippen molar-refractivity contribution in [3.05, 3.63) is 11.8 Å². The van der Waals surface area contributed by atoms with E-state index in [1.807, 2.05) is 19.9 Å². The molecule has 0 radical (unpaired) electrons. The van der Waals surface area contributed by atoms with E-state index < -0.39 is 5.92 Å². The first-order chi connectivity index (χ1) is 12.0. The second-order valence-electron chi connectivity index (χ2n) is 7.48. The number of anilines is 1. The quantitative estimate of drug-likeness (QED) is 0.748. The summed E-state index contributed by atoms with van der Waals surface area (Å²) in [6.07, 6.45) is 2.52. The maximum absolute atomic E-state index is 13.0. The Balaban J connectivity index is 1.77. The number of nitrogens with zero attached hydrogens (tertiary/aromatic N) is 4. The summed E-state index contributed by atoms with van der Waals surface area (Å²) in [6, 6.07) is 1.61. The van der Waals surface area contributed by atoms with Gasteiger partial charge in [-0.15, -0.1) is 0 Å². The van der Waals surface area contributed by atoms with Gasteiger partial charge in [0.25, 0.3) is 0 Å². The minimum absolute atomic E-state index is 0.0225. The second-order valence-corrected chi connectivity index (χ2v) is 7.48. The first kappa shape index (κ1) is 17.9. The third-order valence-corrected chi connectivity index (χ3v) is 5.32. The van der Waals surface area contributed by atoms with Gasteiger partial charge in [0.2, 0.25) is 5.91 Å². The fraction of sp³-hybridized carbons (Fsp3) is 0.722. The topological polar surface area (TPSA) is 69.9 Å². The van der Waals surface area contributed by atoms with Crippen molar-refractivity contribution in [2.45, 2.75) is 38.6 Å². The van der Waals surface area contributed by atoms with Crippen LogP contribution in [-0.2, 0) is 9.59 Å². The predicted octanol–water partition coefficient (Wildman–Crippen LogP) is 1.36. The summed E-state index contributed by atoms with van der Waals surface area (Å²) in [6.45, 7) is 8.45. The average Bonchev–Trinajstić information content (AvgIpc) is 3.24. The van der Waals surface area contributed by atoms with Crippen LogP contribution in [0.1, 0.15) is 38.4 Å². The Kier molecular flexibility index (Phi) is 5.42. The number of likely N-dealkylation sites (tertiary alicyclic amines) is 1. The highest BCUT2D eigenvalue weighted by molar-refractivity contribution is 5.86. The Morgan fingerprint density at radius 2 is 2.00 bits per heavy atom. The fourth-order valence-electron chi connectivity index (χ4n) is 3.73. The molecule has 2 aliphatic rings. The van der Waals surface area contributed by atoms with Crippen molar-refractivity contribution in [1.29, 1.82) is 0 Å². The highest BCUT2D eigenvalue weighted by atomic mass is 16.5. The van der Waals surface area contributed by atoms with Crippen LogP contribution in [0.5, 0.6) is 0 Å². The monoisotopic (exact) mass is 348 g/mol. The van der Waals surface area contributed by atoms with Crippen LogP contribution in [-0.4, -0.2) is 73.0 Å². The van der Waals surface area contributed by atoms with Crippen molar-refractivity contribution in [3.8, 4) is 0 Å². The van der Waals surface area contributed by atoms with Crippen LogP contribution in [0.15, 0.2) is 10.6 Å². The Morgan fingerprint density at radius 1 is 1.28 bits per heavy atom. The number of hydrogen-bond acceptors (Lipinski definition) is 6. The van der Waals surface area contributed by atoms with Gasteiger partial charge in [0.05, 0.1) is 6.04 Å². The van der Waals surface area contributed by atoms with Gasteiger partial charge >= 0.3 is 0 Å². The highest BCUT2D eigenvalue weighted by Crippen LogP contribution is 2.32. The highest BCUT2D eigenvalue weighted by Gasteiger charge is 2.37. The first-order valence-corrected chi connectivity index (χ1v) is 9.17. The van der Waals surface area contributed by atoms with Gasteiger partial charge in [-0.25, -0.2) is 0 Å². The van der Waals surface area contributed by atoms with Gasteiger partial charge in [0.1, 0.15) is 12.2 Å². The number of hydrogen-bond donors (Lipinski definition) is 0. The van der Waals surface area contributed by atoms with E-state index in [-0.39, 0.29) is 17.9 Å². The maximum Gasteiger partial charge on any atom is 0.234 e. The molecule has 2 fully saturated rings. The van der Waals surface area contributed by atoms with E-state index in [0.29, 0.717) is 12.3 Å². The third-order valence-electron chi connectivity index (χ3n) is 5.32. The number of amides is 1. The van der Waals surface area contributed by atoms with Crippen LogP contribution in [0.2, 0.25) is 0 Å². The largest absolute Gasteiger partial charge is 0.358 e. The predicted molar refractivity (Wildman–Crippen MR) is 94.6 cm³/mol. The molecule has 1 aromatic rings. The van der Waals surface area contributed by atoms with Crippen molar-refractivity contribution in [1.82, 2.24) is 15.0 Å². The molecule has 2 unspecified atom stereocenters. The van der Waals surface area contributed by atoms with Crippen molar-refractivity contribution < 1.29 is 14.1 Å². The molecule has 3 rings (SSSR count). The molecule has 2 saturated heterocycles. The summed E-state index contributed by atoms with van der Waals surface area (Å²) < 4.78 is 5.58. The van der Waals surface area contributed by atoms with Gasteiger partial charge in [-0.05, 0) is 25.8 Å². The SMILES string of the molecule is CC(C)C(C(=O)N1CCCC1C=O)c1cc(N2CCN(C)CC2)no1. The summed E-state index contributed by atoms with van der Waals surface area (Å²) in [5, 5.41) is 4.21. The van der Waals surface area contributed by atoms with Crippen LogP contribution in [0.4, 0.5) is 5.82 Å². The minimum atomic E-state index is -0.394. The summed E-state index contributed by atoms with van der Waals surface area (Å²) in [5.41, 5.74) is 0. The molecule has 25 heavy (non-hydrogen) atoms. The first-order valence-electron chi connectivity index (χ1n) is 9.17. The lowest BCUT2D eigenvalue weighted by molar-refractivity contribution is -0.137. The van der Waals surface area contributed by atoms with E-state index in [0.717, 1.165) is 51.1 Å². The van der Waals surface area contributed by atoms with Crippen LogP contribution in [0, 0.1) is 5.92 Å². The molecule has 7 heteroatoms. The van der Waals surface area contributed by atoms with E-state index >= 15 is 0 Å². The van der Waals surface area contributed by atoms with Crippen LogP contribution < -0.4 is 4.90 Å². The van der Waals surface area contributed by atoms with E-state index in [2.05, 4.69) is 22.0 Å².